The van der Waals surface area contributed by atoms with Gasteiger partial charge in [-0.25, -0.2) is 8.42 Å². The molecular formula is C30H35Cl2N3O4S. The van der Waals surface area contributed by atoms with Gasteiger partial charge in [-0.1, -0.05) is 97.2 Å². The fraction of sp³-hybridized carbons (Fsp3) is 0.333. The Morgan fingerprint density at radius 3 is 2.20 bits per heavy atom. The van der Waals surface area contributed by atoms with Crippen LogP contribution in [0.1, 0.15) is 30.5 Å². The Morgan fingerprint density at radius 2 is 1.60 bits per heavy atom. The topological polar surface area (TPSA) is 86.8 Å². The van der Waals surface area contributed by atoms with Gasteiger partial charge in [0, 0.05) is 24.5 Å². The largest absolute Gasteiger partial charge is 0.354 e. The van der Waals surface area contributed by atoms with Crippen LogP contribution >= 0.6 is 23.2 Å². The first-order valence-corrected chi connectivity index (χ1v) is 15.5. The van der Waals surface area contributed by atoms with Gasteiger partial charge in [-0.2, -0.15) is 0 Å². The molecule has 10 heteroatoms. The Morgan fingerprint density at radius 1 is 0.925 bits per heavy atom. The second-order valence-electron chi connectivity index (χ2n) is 10.2. The van der Waals surface area contributed by atoms with Crippen molar-refractivity contribution < 1.29 is 18.0 Å². The Kier molecular flexibility index (Phi) is 11.0. The van der Waals surface area contributed by atoms with Crippen LogP contribution in [0.25, 0.3) is 0 Å². The van der Waals surface area contributed by atoms with Crippen LogP contribution in [0.4, 0.5) is 5.69 Å². The molecule has 1 atom stereocenters. The molecule has 7 nitrogen and oxygen atoms in total. The fourth-order valence-corrected chi connectivity index (χ4v) is 5.68. The van der Waals surface area contributed by atoms with Gasteiger partial charge in [0.25, 0.3) is 0 Å². The van der Waals surface area contributed by atoms with E-state index in [4.69, 9.17) is 23.2 Å². The number of benzene rings is 3. The molecule has 0 saturated carbocycles. The van der Waals surface area contributed by atoms with Crippen LogP contribution in [0.5, 0.6) is 0 Å². The Hall–Kier alpha value is -3.07. The first-order chi connectivity index (χ1) is 18.8. The molecule has 3 rings (SSSR count). The van der Waals surface area contributed by atoms with Gasteiger partial charge in [0.05, 0.1) is 17.0 Å². The number of rotatable bonds is 12. The zero-order valence-corrected chi connectivity index (χ0v) is 25.4. The molecule has 0 bridgehead atoms. The smallest absolute Gasteiger partial charge is 0.244 e. The quantitative estimate of drug-likeness (QED) is 0.297. The van der Waals surface area contributed by atoms with Crippen LogP contribution in [-0.2, 0) is 32.6 Å². The number of amides is 2. The molecule has 40 heavy (non-hydrogen) atoms. The van der Waals surface area contributed by atoms with Gasteiger partial charge >= 0.3 is 0 Å². The minimum atomic E-state index is -3.93. The van der Waals surface area contributed by atoms with Crippen LogP contribution in [0.2, 0.25) is 10.0 Å². The van der Waals surface area contributed by atoms with Crippen molar-refractivity contribution >= 4 is 50.7 Å². The summed E-state index contributed by atoms with van der Waals surface area (Å²) < 4.78 is 26.7. The molecule has 0 fully saturated rings. The molecular weight excluding hydrogens is 569 g/mol. The van der Waals surface area contributed by atoms with Crippen LogP contribution < -0.4 is 9.62 Å². The molecule has 0 heterocycles. The normalized spacial score (nSPS) is 12.2. The van der Waals surface area contributed by atoms with E-state index in [0.717, 1.165) is 27.3 Å². The molecule has 214 valence electrons. The van der Waals surface area contributed by atoms with E-state index in [0.29, 0.717) is 11.6 Å². The number of hydrogen-bond donors (Lipinski definition) is 1. The summed E-state index contributed by atoms with van der Waals surface area (Å²) in [6.45, 7) is 5.92. The number of halogens is 2. The van der Waals surface area contributed by atoms with Crippen molar-refractivity contribution in [1.29, 1.82) is 0 Å². The standard InChI is InChI=1S/C30H35Cl2N3O4S/c1-21(2)18-33-30(37)28(16-23-10-6-5-7-11-23)34(19-24-12-8-9-22(3)15-24)29(36)20-35(40(4,38)39)27-14-13-25(31)17-26(27)32/h5-15,17,21,28H,16,18-20H2,1-4H3,(H,33,37)/t28-/m1/s1. The maximum Gasteiger partial charge on any atom is 0.244 e. The lowest BCUT2D eigenvalue weighted by atomic mass is 10.0. The van der Waals surface area contributed by atoms with Crippen LogP contribution in [-0.4, -0.2) is 50.5 Å². The maximum atomic E-state index is 14.1. The summed E-state index contributed by atoms with van der Waals surface area (Å²) >= 11 is 12.4. The second kappa shape index (κ2) is 14.0. The highest BCUT2D eigenvalue weighted by atomic mass is 35.5. The number of sulfonamides is 1. The average Bonchev–Trinajstić information content (AvgIpc) is 2.88. The second-order valence-corrected chi connectivity index (χ2v) is 13.0. The summed E-state index contributed by atoms with van der Waals surface area (Å²) in [5.74, 6) is -0.650. The number of anilines is 1. The molecule has 0 radical (unpaired) electrons. The van der Waals surface area contributed by atoms with Crippen molar-refractivity contribution in [3.63, 3.8) is 0 Å². The van der Waals surface area contributed by atoms with E-state index in [-0.39, 0.29) is 35.5 Å². The lowest BCUT2D eigenvalue weighted by Gasteiger charge is -2.34. The SMILES string of the molecule is Cc1cccc(CN(C(=O)CN(c2ccc(Cl)cc2Cl)S(C)(=O)=O)[C@H](Cc2ccccc2)C(=O)NCC(C)C)c1. The summed E-state index contributed by atoms with van der Waals surface area (Å²) in [5, 5.41) is 3.39. The van der Waals surface area contributed by atoms with E-state index >= 15 is 0 Å². The van der Waals surface area contributed by atoms with Crippen molar-refractivity contribution in [2.24, 2.45) is 5.92 Å². The highest BCUT2D eigenvalue weighted by molar-refractivity contribution is 7.92. The summed E-state index contributed by atoms with van der Waals surface area (Å²) in [4.78, 5) is 29.2. The first kappa shape index (κ1) is 31.5. The summed E-state index contributed by atoms with van der Waals surface area (Å²) in [6, 6.07) is 20.6. The van der Waals surface area contributed by atoms with E-state index in [9.17, 15) is 18.0 Å². The third-order valence-electron chi connectivity index (χ3n) is 6.25. The van der Waals surface area contributed by atoms with Crippen LogP contribution in [0.3, 0.4) is 0 Å². The Balaban J connectivity index is 2.07. The lowest BCUT2D eigenvalue weighted by Crippen LogP contribution is -2.53. The third-order valence-corrected chi connectivity index (χ3v) is 7.91. The highest BCUT2D eigenvalue weighted by Crippen LogP contribution is 2.30. The van der Waals surface area contributed by atoms with Crippen molar-refractivity contribution in [2.45, 2.75) is 39.8 Å². The number of nitrogens with zero attached hydrogens (tertiary/aromatic N) is 2. The number of nitrogens with one attached hydrogen (secondary N) is 1. The molecule has 3 aromatic carbocycles. The van der Waals surface area contributed by atoms with Gasteiger partial charge in [-0.05, 0) is 42.2 Å². The number of carbonyl (C=O) groups excluding carboxylic acids is 2. The molecule has 0 aliphatic rings. The Bertz CT molecular complexity index is 1430. The number of hydrogen-bond acceptors (Lipinski definition) is 4. The molecule has 0 unspecified atom stereocenters. The third kappa shape index (κ3) is 8.98. The average molecular weight is 605 g/mol. The number of aryl methyl sites for hydroxylation is 1. The van der Waals surface area contributed by atoms with Gasteiger partial charge in [-0.15, -0.1) is 0 Å². The van der Waals surface area contributed by atoms with Crippen LogP contribution in [0.15, 0.2) is 72.8 Å². The van der Waals surface area contributed by atoms with Gasteiger partial charge in [-0.3, -0.25) is 13.9 Å². The summed E-state index contributed by atoms with van der Waals surface area (Å²) in [7, 11) is -3.93. The summed E-state index contributed by atoms with van der Waals surface area (Å²) in [6.07, 6.45) is 1.26. The Labute approximate surface area is 247 Å². The summed E-state index contributed by atoms with van der Waals surface area (Å²) in [5.41, 5.74) is 2.81. The fourth-order valence-electron chi connectivity index (χ4n) is 4.26. The van der Waals surface area contributed by atoms with E-state index in [1.165, 1.54) is 23.1 Å². The monoisotopic (exact) mass is 603 g/mol. The van der Waals surface area contributed by atoms with Crippen molar-refractivity contribution in [2.75, 3.05) is 23.7 Å². The molecule has 0 aromatic heterocycles. The minimum Gasteiger partial charge on any atom is -0.354 e. The molecule has 1 N–H and O–H groups in total. The van der Waals surface area contributed by atoms with E-state index in [1.807, 2.05) is 75.4 Å². The predicted octanol–water partition coefficient (Wildman–Crippen LogP) is 5.48. The first-order valence-electron chi connectivity index (χ1n) is 12.9. The maximum absolute atomic E-state index is 14.1. The van der Waals surface area contributed by atoms with Gasteiger partial charge in [0.2, 0.25) is 21.8 Å². The number of carbonyl (C=O) groups is 2. The van der Waals surface area contributed by atoms with Crippen LogP contribution in [0, 0.1) is 12.8 Å². The van der Waals surface area contributed by atoms with Crippen molar-refractivity contribution in [3.8, 4) is 0 Å². The highest BCUT2D eigenvalue weighted by Gasteiger charge is 2.33. The molecule has 2 amide bonds. The van der Waals surface area contributed by atoms with Crippen molar-refractivity contribution in [1.82, 2.24) is 10.2 Å². The van der Waals surface area contributed by atoms with E-state index < -0.39 is 28.5 Å². The van der Waals surface area contributed by atoms with Crippen molar-refractivity contribution in [3.05, 3.63) is 99.5 Å². The molecule has 0 aliphatic heterocycles. The van der Waals surface area contributed by atoms with E-state index in [1.54, 1.807) is 0 Å². The molecule has 0 aliphatic carbocycles. The molecule has 0 saturated heterocycles. The zero-order chi connectivity index (χ0) is 29.4. The predicted molar refractivity (Wildman–Crippen MR) is 162 cm³/mol. The minimum absolute atomic E-state index is 0.0893. The molecule has 3 aromatic rings. The van der Waals surface area contributed by atoms with E-state index in [2.05, 4.69) is 5.32 Å². The van der Waals surface area contributed by atoms with Gasteiger partial charge < -0.3 is 10.2 Å². The van der Waals surface area contributed by atoms with Gasteiger partial charge in [0.1, 0.15) is 12.6 Å². The lowest BCUT2D eigenvalue weighted by molar-refractivity contribution is -0.140. The van der Waals surface area contributed by atoms with Gasteiger partial charge in [0.15, 0.2) is 0 Å². The zero-order valence-electron chi connectivity index (χ0n) is 23.1. The molecule has 0 spiro atoms.